The molecule has 2 aliphatic heterocycles. The monoisotopic (exact) mass is 310 g/mol. The molecule has 7 heteroatoms. The van der Waals surface area contributed by atoms with Crippen LogP contribution in [0.25, 0.3) is 0 Å². The summed E-state index contributed by atoms with van der Waals surface area (Å²) < 4.78 is 39.5. The Morgan fingerprint density at radius 2 is 2.05 bits per heavy atom. The molecule has 116 valence electrons. The first-order valence-electron chi connectivity index (χ1n) is 6.78. The maximum Gasteiger partial charge on any atom is 0.264 e. The van der Waals surface area contributed by atoms with Crippen LogP contribution in [-0.2, 0) is 11.3 Å². The van der Waals surface area contributed by atoms with E-state index in [2.05, 4.69) is 11.9 Å². The minimum Gasteiger partial charge on any atom is -0.329 e. The van der Waals surface area contributed by atoms with E-state index >= 15 is 0 Å². The first kappa shape index (κ1) is 14.6. The lowest BCUT2D eigenvalue weighted by Crippen LogP contribution is -2.49. The number of nitrogens with one attached hydrogen (secondary N) is 1. The number of amides is 2. The number of halogens is 3. The molecular weight excluding hydrogens is 297 g/mol. The minimum absolute atomic E-state index is 0.0903. The molecule has 1 atom stereocenters. The Morgan fingerprint density at radius 1 is 1.32 bits per heavy atom. The van der Waals surface area contributed by atoms with Gasteiger partial charge in [-0.05, 0) is 30.5 Å². The molecule has 1 N–H and O–H groups in total. The van der Waals surface area contributed by atoms with Gasteiger partial charge in [0.15, 0.2) is 0 Å². The fourth-order valence-electron chi connectivity index (χ4n) is 2.93. The third kappa shape index (κ3) is 2.26. The Balaban J connectivity index is 1.96. The topological polar surface area (TPSA) is 49.4 Å². The first-order valence-corrected chi connectivity index (χ1v) is 6.78. The summed E-state index contributed by atoms with van der Waals surface area (Å²) in [4.78, 5) is 25.6. The number of hydrogen-bond donors (Lipinski definition) is 1. The van der Waals surface area contributed by atoms with Crippen LogP contribution in [0.15, 0.2) is 24.4 Å². The van der Waals surface area contributed by atoms with E-state index in [1.807, 2.05) is 0 Å². The van der Waals surface area contributed by atoms with Crippen molar-refractivity contribution in [1.82, 2.24) is 10.2 Å². The minimum atomic E-state index is -2.88. The van der Waals surface area contributed by atoms with Crippen molar-refractivity contribution in [3.8, 4) is 0 Å². The van der Waals surface area contributed by atoms with Gasteiger partial charge in [0.1, 0.15) is 11.9 Å². The number of alkyl halides is 2. The van der Waals surface area contributed by atoms with Crippen LogP contribution in [-0.4, -0.2) is 22.8 Å². The summed E-state index contributed by atoms with van der Waals surface area (Å²) in [6.45, 7) is 3.54. The molecule has 0 radical (unpaired) electrons. The number of nitrogens with zero attached hydrogens (tertiary/aromatic N) is 1. The zero-order valence-electron chi connectivity index (χ0n) is 11.5. The van der Waals surface area contributed by atoms with Gasteiger partial charge in [-0.2, -0.15) is 0 Å². The molecule has 2 amide bonds. The number of fused-ring (bicyclic) bond motifs is 1. The third-order valence-corrected chi connectivity index (χ3v) is 4.00. The van der Waals surface area contributed by atoms with Crippen molar-refractivity contribution in [2.75, 3.05) is 0 Å². The Labute approximate surface area is 124 Å². The van der Waals surface area contributed by atoms with E-state index in [1.165, 1.54) is 4.90 Å². The van der Waals surface area contributed by atoms with Crippen molar-refractivity contribution in [2.45, 2.75) is 31.9 Å². The lowest BCUT2D eigenvalue weighted by Gasteiger charge is -2.31. The Kier molecular flexibility index (Phi) is 3.42. The Morgan fingerprint density at radius 3 is 2.68 bits per heavy atom. The fraction of sp³-hybridized carbons (Fsp3) is 0.333. The van der Waals surface area contributed by atoms with Gasteiger partial charge in [0.2, 0.25) is 5.91 Å². The highest BCUT2D eigenvalue weighted by Gasteiger charge is 2.40. The van der Waals surface area contributed by atoms with Gasteiger partial charge in [-0.25, -0.2) is 13.2 Å². The van der Waals surface area contributed by atoms with Crippen LogP contribution in [0.3, 0.4) is 0 Å². The molecule has 0 saturated carbocycles. The molecule has 4 nitrogen and oxygen atoms in total. The molecule has 0 spiro atoms. The second-order valence-electron chi connectivity index (χ2n) is 5.40. The largest absolute Gasteiger partial charge is 0.329 e. The maximum atomic E-state index is 13.5. The molecule has 1 unspecified atom stereocenters. The second kappa shape index (κ2) is 5.15. The lowest BCUT2D eigenvalue weighted by molar-refractivity contribution is -0.126. The van der Waals surface area contributed by atoms with E-state index < -0.39 is 35.7 Å². The second-order valence-corrected chi connectivity index (χ2v) is 5.40. The summed E-state index contributed by atoms with van der Waals surface area (Å²) in [7, 11) is 0. The van der Waals surface area contributed by atoms with E-state index in [0.717, 1.165) is 12.1 Å². The fourth-order valence-corrected chi connectivity index (χ4v) is 2.93. The zero-order chi connectivity index (χ0) is 16.0. The smallest absolute Gasteiger partial charge is 0.264 e. The van der Waals surface area contributed by atoms with Crippen molar-refractivity contribution in [3.05, 3.63) is 46.9 Å². The van der Waals surface area contributed by atoms with E-state index in [9.17, 15) is 22.8 Å². The van der Waals surface area contributed by atoms with Crippen LogP contribution < -0.4 is 5.32 Å². The standard InChI is InChI=1S/C15H13F3N2O2/c1-7-2-3-12(14(21)19-7)20-6-11-9(13(17)18)4-8(16)5-10(11)15(20)22/h4-5,12-13H,1-3,6H2,(H,19,21). The van der Waals surface area contributed by atoms with E-state index in [0.29, 0.717) is 18.5 Å². The van der Waals surface area contributed by atoms with Crippen LogP contribution in [0.4, 0.5) is 13.2 Å². The van der Waals surface area contributed by atoms with Crippen molar-refractivity contribution in [2.24, 2.45) is 0 Å². The van der Waals surface area contributed by atoms with Crippen LogP contribution >= 0.6 is 0 Å². The molecular formula is C15H13F3N2O2. The highest BCUT2D eigenvalue weighted by Crippen LogP contribution is 2.35. The quantitative estimate of drug-likeness (QED) is 0.912. The van der Waals surface area contributed by atoms with Gasteiger partial charge in [-0.3, -0.25) is 9.59 Å². The normalized spacial score (nSPS) is 21.4. The van der Waals surface area contributed by atoms with Gasteiger partial charge in [0.25, 0.3) is 12.3 Å². The highest BCUT2D eigenvalue weighted by molar-refractivity contribution is 6.01. The lowest BCUT2D eigenvalue weighted by atomic mass is 10.0. The molecule has 1 aromatic carbocycles. The van der Waals surface area contributed by atoms with Crippen LogP contribution in [0.1, 0.15) is 40.8 Å². The van der Waals surface area contributed by atoms with Gasteiger partial charge in [-0.1, -0.05) is 6.58 Å². The number of piperidine rings is 1. The average Bonchev–Trinajstić information content (AvgIpc) is 2.75. The molecule has 1 fully saturated rings. The molecule has 1 aromatic rings. The van der Waals surface area contributed by atoms with Crippen LogP contribution in [0, 0.1) is 5.82 Å². The van der Waals surface area contributed by atoms with Crippen molar-refractivity contribution in [3.63, 3.8) is 0 Å². The van der Waals surface area contributed by atoms with E-state index in [4.69, 9.17) is 0 Å². The van der Waals surface area contributed by atoms with Gasteiger partial charge >= 0.3 is 0 Å². The molecule has 0 aromatic heterocycles. The molecule has 2 aliphatic rings. The maximum absolute atomic E-state index is 13.5. The van der Waals surface area contributed by atoms with Crippen molar-refractivity contribution in [1.29, 1.82) is 0 Å². The van der Waals surface area contributed by atoms with Gasteiger partial charge in [0.05, 0.1) is 0 Å². The number of allylic oxidation sites excluding steroid dienone is 1. The summed E-state index contributed by atoms with van der Waals surface area (Å²) in [5.74, 6) is -1.87. The number of carbonyl (C=O) groups excluding carboxylic acids is 2. The number of carbonyl (C=O) groups is 2. The van der Waals surface area contributed by atoms with Gasteiger partial charge < -0.3 is 10.2 Å². The van der Waals surface area contributed by atoms with Crippen LogP contribution in [0.2, 0.25) is 0 Å². The van der Waals surface area contributed by atoms with Gasteiger partial charge in [0, 0.05) is 23.4 Å². The molecule has 1 saturated heterocycles. The summed E-state index contributed by atoms with van der Waals surface area (Å²) in [5, 5.41) is 2.55. The van der Waals surface area contributed by atoms with Gasteiger partial charge in [-0.15, -0.1) is 0 Å². The zero-order valence-corrected chi connectivity index (χ0v) is 11.5. The SMILES string of the molecule is C=C1CCC(N2Cc3c(cc(F)cc3C(F)F)C2=O)C(=O)N1. The Bertz CT molecular complexity index is 688. The Hall–Kier alpha value is -2.31. The molecule has 0 bridgehead atoms. The van der Waals surface area contributed by atoms with E-state index in [-0.39, 0.29) is 17.7 Å². The average molecular weight is 310 g/mol. The third-order valence-electron chi connectivity index (χ3n) is 4.00. The number of benzene rings is 1. The predicted molar refractivity (Wildman–Crippen MR) is 71.5 cm³/mol. The molecule has 2 heterocycles. The summed E-state index contributed by atoms with van der Waals surface area (Å²) in [6.07, 6.45) is -2.00. The van der Waals surface area contributed by atoms with Crippen molar-refractivity contribution >= 4 is 11.8 Å². The summed E-state index contributed by atoms with van der Waals surface area (Å²) in [6, 6.07) is 0.936. The summed E-state index contributed by atoms with van der Waals surface area (Å²) in [5.41, 5.74) is 0.0716. The number of hydrogen-bond acceptors (Lipinski definition) is 2. The van der Waals surface area contributed by atoms with E-state index in [1.54, 1.807) is 0 Å². The number of rotatable bonds is 2. The molecule has 22 heavy (non-hydrogen) atoms. The molecule has 0 aliphatic carbocycles. The summed E-state index contributed by atoms with van der Waals surface area (Å²) >= 11 is 0. The molecule has 3 rings (SSSR count). The first-order chi connectivity index (χ1) is 10.4. The predicted octanol–water partition coefficient (Wildman–Crippen LogP) is 2.51. The van der Waals surface area contributed by atoms with Crippen LogP contribution in [0.5, 0.6) is 0 Å². The highest BCUT2D eigenvalue weighted by atomic mass is 19.3. The van der Waals surface area contributed by atoms with Crippen molar-refractivity contribution < 1.29 is 22.8 Å².